The van der Waals surface area contributed by atoms with Gasteiger partial charge in [-0.05, 0) is 68.1 Å². The predicted octanol–water partition coefficient (Wildman–Crippen LogP) is 6.84. The maximum absolute atomic E-state index is 5.50. The summed E-state index contributed by atoms with van der Waals surface area (Å²) in [5, 5.41) is 0. The summed E-state index contributed by atoms with van der Waals surface area (Å²) in [4.78, 5) is 0.0799. The zero-order valence-electron chi connectivity index (χ0n) is 10.1. The van der Waals surface area contributed by atoms with Crippen molar-refractivity contribution < 1.29 is 4.74 Å². The Kier molecular flexibility index (Phi) is 5.57. The first-order valence-corrected chi connectivity index (χ1v) is 9.48. The average molecular weight is 534 g/mol. The minimum absolute atomic E-state index is 0.0799. The lowest BCUT2D eigenvalue weighted by Crippen LogP contribution is -1.98. The second-order valence-corrected chi connectivity index (χ2v) is 9.50. The zero-order valence-corrected chi connectivity index (χ0v) is 17.3. The highest BCUT2D eigenvalue weighted by Crippen LogP contribution is 2.45. The van der Waals surface area contributed by atoms with Crippen molar-refractivity contribution in [2.75, 3.05) is 7.11 Å². The molecule has 0 fully saturated rings. The molecule has 0 saturated heterocycles. The van der Waals surface area contributed by atoms with Crippen LogP contribution in [-0.2, 0) is 0 Å². The van der Waals surface area contributed by atoms with Crippen LogP contribution in [0.15, 0.2) is 30.2 Å². The van der Waals surface area contributed by atoms with Gasteiger partial charge in [-0.15, -0.1) is 11.3 Å². The molecule has 2 aromatic rings. The summed E-state index contributed by atoms with van der Waals surface area (Å²) in [5.41, 5.74) is 3.45. The lowest BCUT2D eigenvalue weighted by atomic mass is 10.0. The second kappa shape index (κ2) is 6.60. The van der Waals surface area contributed by atoms with Crippen LogP contribution in [0.3, 0.4) is 0 Å². The number of thiophene rings is 1. The summed E-state index contributed by atoms with van der Waals surface area (Å²) in [6.45, 7) is 2.05. The van der Waals surface area contributed by atoms with Crippen LogP contribution in [0.2, 0.25) is 0 Å². The van der Waals surface area contributed by atoms with Gasteiger partial charge in [-0.1, -0.05) is 31.9 Å². The van der Waals surface area contributed by atoms with E-state index in [1.54, 1.807) is 18.4 Å². The summed E-state index contributed by atoms with van der Waals surface area (Å²) in [7, 11) is 1.70. The number of aryl methyl sites for hydroxylation is 1. The van der Waals surface area contributed by atoms with Crippen LogP contribution in [0, 0.1) is 6.92 Å². The molecule has 0 aliphatic rings. The summed E-state index contributed by atoms with van der Waals surface area (Å²) >= 11 is 16.1. The third-order valence-electron chi connectivity index (χ3n) is 2.74. The molecule has 1 nitrogen and oxygen atoms in total. The predicted molar refractivity (Wildman–Crippen MR) is 95.9 cm³/mol. The number of halogens is 4. The van der Waals surface area contributed by atoms with Crippen LogP contribution < -0.4 is 4.74 Å². The minimum atomic E-state index is 0.0799. The maximum Gasteiger partial charge on any atom is 0.123 e. The summed E-state index contributed by atoms with van der Waals surface area (Å²) in [5.74, 6) is 0.886. The summed E-state index contributed by atoms with van der Waals surface area (Å²) < 4.78 is 8.79. The van der Waals surface area contributed by atoms with E-state index in [-0.39, 0.29) is 4.83 Å². The minimum Gasteiger partial charge on any atom is -0.496 e. The Labute approximate surface area is 150 Å². The van der Waals surface area contributed by atoms with Crippen molar-refractivity contribution in [3.63, 3.8) is 0 Å². The number of methoxy groups -OCH3 is 1. The quantitative estimate of drug-likeness (QED) is 0.393. The van der Waals surface area contributed by atoms with E-state index < -0.39 is 0 Å². The van der Waals surface area contributed by atoms with Gasteiger partial charge in [-0.2, -0.15) is 0 Å². The Hall–Kier alpha value is 0.640. The number of rotatable bonds is 3. The molecule has 2 rings (SSSR count). The van der Waals surface area contributed by atoms with Gasteiger partial charge in [0.2, 0.25) is 0 Å². The van der Waals surface area contributed by atoms with Crippen LogP contribution in [0.1, 0.15) is 21.5 Å². The SMILES string of the molecule is COc1cc(C)c(Br)cc1C(Br)c1cc(Br)sc1Br. The van der Waals surface area contributed by atoms with E-state index in [1.807, 2.05) is 6.07 Å². The van der Waals surface area contributed by atoms with Crippen molar-refractivity contribution in [2.45, 2.75) is 11.8 Å². The molecule has 19 heavy (non-hydrogen) atoms. The Morgan fingerprint density at radius 2 is 1.79 bits per heavy atom. The third kappa shape index (κ3) is 3.46. The van der Waals surface area contributed by atoms with E-state index in [1.165, 1.54) is 5.56 Å². The van der Waals surface area contributed by atoms with Crippen LogP contribution in [0.5, 0.6) is 5.75 Å². The first-order valence-electron chi connectivity index (χ1n) is 5.37. The molecule has 0 radical (unpaired) electrons. The molecule has 0 aliphatic heterocycles. The highest BCUT2D eigenvalue weighted by Gasteiger charge is 2.20. The van der Waals surface area contributed by atoms with E-state index in [4.69, 9.17) is 4.74 Å². The van der Waals surface area contributed by atoms with E-state index in [9.17, 15) is 0 Å². The molecule has 0 N–H and O–H groups in total. The molecule has 0 saturated carbocycles. The van der Waals surface area contributed by atoms with Crippen molar-refractivity contribution in [3.05, 3.63) is 46.9 Å². The van der Waals surface area contributed by atoms with Crippen LogP contribution in [0.4, 0.5) is 0 Å². The Bertz CT molecular complexity index is 609. The van der Waals surface area contributed by atoms with Crippen molar-refractivity contribution in [2.24, 2.45) is 0 Å². The molecule has 6 heteroatoms. The molecule has 1 aromatic carbocycles. The van der Waals surface area contributed by atoms with Gasteiger partial charge in [0.15, 0.2) is 0 Å². The smallest absolute Gasteiger partial charge is 0.123 e. The van der Waals surface area contributed by atoms with Crippen LogP contribution >= 0.6 is 75.1 Å². The molecule has 1 aromatic heterocycles. The number of hydrogen-bond acceptors (Lipinski definition) is 2. The number of benzene rings is 1. The van der Waals surface area contributed by atoms with Crippen LogP contribution in [0.25, 0.3) is 0 Å². The van der Waals surface area contributed by atoms with Crippen molar-refractivity contribution in [1.29, 1.82) is 0 Å². The molecule has 0 bridgehead atoms. The molecule has 1 heterocycles. The number of hydrogen-bond donors (Lipinski definition) is 0. The molecule has 1 atom stereocenters. The lowest BCUT2D eigenvalue weighted by molar-refractivity contribution is 0.410. The molecule has 0 aliphatic carbocycles. The molecule has 102 valence electrons. The fourth-order valence-electron chi connectivity index (χ4n) is 1.74. The first kappa shape index (κ1) is 16.0. The second-order valence-electron chi connectivity index (χ2n) is 3.99. The first-order chi connectivity index (χ1) is 8.93. The van der Waals surface area contributed by atoms with E-state index in [2.05, 4.69) is 82.8 Å². The highest BCUT2D eigenvalue weighted by molar-refractivity contribution is 9.12. The van der Waals surface area contributed by atoms with Crippen LogP contribution in [-0.4, -0.2) is 7.11 Å². The Morgan fingerprint density at radius 3 is 2.32 bits per heavy atom. The molecule has 0 amide bonds. The van der Waals surface area contributed by atoms with E-state index in [0.717, 1.165) is 28.9 Å². The van der Waals surface area contributed by atoms with Gasteiger partial charge < -0.3 is 4.74 Å². The Balaban J connectivity index is 2.52. The van der Waals surface area contributed by atoms with Gasteiger partial charge in [0.05, 0.1) is 19.5 Å². The summed E-state index contributed by atoms with van der Waals surface area (Å²) in [6, 6.07) is 6.26. The topological polar surface area (TPSA) is 9.23 Å². The highest BCUT2D eigenvalue weighted by atomic mass is 79.9. The monoisotopic (exact) mass is 530 g/mol. The van der Waals surface area contributed by atoms with Gasteiger partial charge in [0.25, 0.3) is 0 Å². The van der Waals surface area contributed by atoms with Gasteiger partial charge in [-0.3, -0.25) is 0 Å². The standard InChI is InChI=1S/C13H10Br4OS/c1-6-3-10(18-2)7(4-9(6)14)12(16)8-5-11(15)19-13(8)17/h3-5,12H,1-2H3. The average Bonchev–Trinajstić information content (AvgIpc) is 2.70. The third-order valence-corrected chi connectivity index (χ3v) is 6.97. The molecular formula is C13H10Br4OS. The van der Waals surface area contributed by atoms with Gasteiger partial charge in [0, 0.05) is 10.0 Å². The fourth-order valence-corrected chi connectivity index (χ4v) is 6.18. The molecule has 0 spiro atoms. The van der Waals surface area contributed by atoms with Gasteiger partial charge >= 0.3 is 0 Å². The Morgan fingerprint density at radius 1 is 1.11 bits per heavy atom. The number of alkyl halides is 1. The normalized spacial score (nSPS) is 12.5. The lowest BCUT2D eigenvalue weighted by Gasteiger charge is -2.16. The fraction of sp³-hybridized carbons (Fsp3) is 0.231. The molecular weight excluding hydrogens is 524 g/mol. The zero-order chi connectivity index (χ0) is 14.2. The van der Waals surface area contributed by atoms with Crippen molar-refractivity contribution in [3.8, 4) is 5.75 Å². The van der Waals surface area contributed by atoms with Crippen molar-refractivity contribution >= 4 is 75.1 Å². The van der Waals surface area contributed by atoms with Crippen molar-refractivity contribution in [1.82, 2.24) is 0 Å². The number of ether oxygens (including phenoxy) is 1. The molecule has 1 unspecified atom stereocenters. The van der Waals surface area contributed by atoms with E-state index >= 15 is 0 Å². The van der Waals surface area contributed by atoms with Gasteiger partial charge in [-0.25, -0.2) is 0 Å². The van der Waals surface area contributed by atoms with Gasteiger partial charge in [0.1, 0.15) is 5.75 Å². The van der Waals surface area contributed by atoms with E-state index in [0.29, 0.717) is 0 Å². The maximum atomic E-state index is 5.50. The summed E-state index contributed by atoms with van der Waals surface area (Å²) in [6.07, 6.45) is 0. The largest absolute Gasteiger partial charge is 0.496 e.